The molecular weight excluding hydrogens is 176 g/mol. The monoisotopic (exact) mass is 194 g/mol. The lowest BCUT2D eigenvalue weighted by atomic mass is 10.3. The second-order valence-corrected chi connectivity index (χ2v) is 3.82. The quantitative estimate of drug-likeness (QED) is 0.782. The van der Waals surface area contributed by atoms with Gasteiger partial charge in [0.1, 0.15) is 0 Å². The van der Waals surface area contributed by atoms with Crippen molar-refractivity contribution < 1.29 is 5.11 Å². The molecule has 1 aromatic heterocycles. The molecule has 0 bridgehead atoms. The van der Waals surface area contributed by atoms with Gasteiger partial charge in [0, 0.05) is 18.8 Å². The van der Waals surface area contributed by atoms with Gasteiger partial charge in [0.05, 0.1) is 11.8 Å². The fourth-order valence-corrected chi connectivity index (χ4v) is 1.48. The van der Waals surface area contributed by atoms with Crippen LogP contribution in [-0.4, -0.2) is 34.7 Å². The Kier molecular flexibility index (Phi) is 4.04. The van der Waals surface area contributed by atoms with Crippen LogP contribution in [0, 0.1) is 6.92 Å². The highest BCUT2D eigenvalue weighted by Gasteiger charge is 2.04. The maximum absolute atomic E-state index is 9.19. The van der Waals surface area contributed by atoms with Crippen LogP contribution in [-0.2, 0) is 6.54 Å². The van der Waals surface area contributed by atoms with Crippen LogP contribution in [0.5, 0.6) is 0 Å². The Morgan fingerprint density at radius 2 is 2.21 bits per heavy atom. The van der Waals surface area contributed by atoms with Crippen molar-refractivity contribution in [3.05, 3.63) is 29.6 Å². The Balaban J connectivity index is 2.51. The van der Waals surface area contributed by atoms with Crippen LogP contribution in [0.1, 0.15) is 18.3 Å². The van der Waals surface area contributed by atoms with E-state index in [2.05, 4.69) is 9.88 Å². The predicted octanol–water partition coefficient (Wildman–Crippen LogP) is 1.20. The molecule has 0 aliphatic heterocycles. The van der Waals surface area contributed by atoms with E-state index in [0.717, 1.165) is 17.9 Å². The van der Waals surface area contributed by atoms with Gasteiger partial charge < -0.3 is 5.11 Å². The molecule has 1 N–H and O–H groups in total. The topological polar surface area (TPSA) is 36.4 Å². The average Bonchev–Trinajstić information content (AvgIpc) is 2.01. The van der Waals surface area contributed by atoms with Crippen molar-refractivity contribution in [3.63, 3.8) is 0 Å². The molecule has 1 heterocycles. The Bertz CT molecular complexity index is 286. The van der Waals surface area contributed by atoms with E-state index in [0.29, 0.717) is 6.54 Å². The third kappa shape index (κ3) is 3.85. The molecule has 0 spiro atoms. The summed E-state index contributed by atoms with van der Waals surface area (Å²) < 4.78 is 0. The van der Waals surface area contributed by atoms with Crippen LogP contribution in [0.25, 0.3) is 0 Å². The predicted molar refractivity (Wildman–Crippen MR) is 57.0 cm³/mol. The van der Waals surface area contributed by atoms with E-state index < -0.39 is 0 Å². The minimum Gasteiger partial charge on any atom is -0.392 e. The molecule has 14 heavy (non-hydrogen) atoms. The van der Waals surface area contributed by atoms with Crippen molar-refractivity contribution in [2.45, 2.75) is 26.5 Å². The number of pyridine rings is 1. The van der Waals surface area contributed by atoms with Gasteiger partial charge in [0.15, 0.2) is 0 Å². The van der Waals surface area contributed by atoms with E-state index in [1.54, 1.807) is 6.92 Å². The molecule has 1 unspecified atom stereocenters. The van der Waals surface area contributed by atoms with Gasteiger partial charge in [-0.25, -0.2) is 0 Å². The van der Waals surface area contributed by atoms with Gasteiger partial charge in [-0.2, -0.15) is 0 Å². The van der Waals surface area contributed by atoms with Crippen LogP contribution in [0.15, 0.2) is 18.2 Å². The van der Waals surface area contributed by atoms with Crippen LogP contribution in [0.2, 0.25) is 0 Å². The van der Waals surface area contributed by atoms with E-state index in [9.17, 15) is 5.11 Å². The molecule has 1 aromatic rings. The Morgan fingerprint density at radius 1 is 1.50 bits per heavy atom. The highest BCUT2D eigenvalue weighted by Crippen LogP contribution is 2.02. The second kappa shape index (κ2) is 5.08. The molecule has 3 heteroatoms. The van der Waals surface area contributed by atoms with Gasteiger partial charge in [-0.15, -0.1) is 0 Å². The molecule has 0 aliphatic carbocycles. The Morgan fingerprint density at radius 3 is 2.79 bits per heavy atom. The molecule has 3 nitrogen and oxygen atoms in total. The summed E-state index contributed by atoms with van der Waals surface area (Å²) in [6, 6.07) is 6.00. The summed E-state index contributed by atoms with van der Waals surface area (Å²) >= 11 is 0. The highest BCUT2D eigenvalue weighted by molar-refractivity contribution is 5.09. The third-order valence-corrected chi connectivity index (χ3v) is 1.95. The number of likely N-dealkylation sites (N-methyl/N-ethyl adjacent to an activating group) is 1. The highest BCUT2D eigenvalue weighted by atomic mass is 16.3. The van der Waals surface area contributed by atoms with Gasteiger partial charge in [0.25, 0.3) is 0 Å². The molecule has 0 radical (unpaired) electrons. The molecule has 78 valence electrons. The summed E-state index contributed by atoms with van der Waals surface area (Å²) in [5.74, 6) is 0. The van der Waals surface area contributed by atoms with Crippen molar-refractivity contribution in [1.29, 1.82) is 0 Å². The molecule has 0 amide bonds. The van der Waals surface area contributed by atoms with Gasteiger partial charge >= 0.3 is 0 Å². The summed E-state index contributed by atoms with van der Waals surface area (Å²) in [4.78, 5) is 6.46. The van der Waals surface area contributed by atoms with Crippen LogP contribution >= 0.6 is 0 Å². The molecule has 0 fully saturated rings. The number of aliphatic hydroxyl groups is 1. The van der Waals surface area contributed by atoms with Crippen molar-refractivity contribution in [2.75, 3.05) is 13.6 Å². The normalized spacial score (nSPS) is 13.2. The fourth-order valence-electron chi connectivity index (χ4n) is 1.48. The lowest BCUT2D eigenvalue weighted by molar-refractivity contribution is 0.137. The van der Waals surface area contributed by atoms with Crippen molar-refractivity contribution in [3.8, 4) is 0 Å². The number of nitrogens with zero attached hydrogens (tertiary/aromatic N) is 2. The zero-order valence-corrected chi connectivity index (χ0v) is 9.07. The number of hydrogen-bond donors (Lipinski definition) is 1. The maximum atomic E-state index is 9.19. The molecule has 1 atom stereocenters. The van der Waals surface area contributed by atoms with E-state index in [-0.39, 0.29) is 6.10 Å². The number of aromatic nitrogens is 1. The maximum Gasteiger partial charge on any atom is 0.0639 e. The van der Waals surface area contributed by atoms with Gasteiger partial charge in [-0.3, -0.25) is 9.88 Å². The third-order valence-electron chi connectivity index (χ3n) is 1.95. The first kappa shape index (κ1) is 11.1. The first-order valence-corrected chi connectivity index (χ1v) is 4.87. The van der Waals surface area contributed by atoms with E-state index >= 15 is 0 Å². The smallest absolute Gasteiger partial charge is 0.0639 e. The summed E-state index contributed by atoms with van der Waals surface area (Å²) in [5, 5.41) is 9.19. The number of aryl methyl sites for hydroxylation is 1. The zero-order chi connectivity index (χ0) is 10.6. The van der Waals surface area contributed by atoms with Crippen LogP contribution in [0.4, 0.5) is 0 Å². The average molecular weight is 194 g/mol. The molecule has 0 aromatic carbocycles. The SMILES string of the molecule is Cc1cccc(CN(C)CC(C)O)n1. The van der Waals surface area contributed by atoms with E-state index in [1.165, 1.54) is 0 Å². The molecular formula is C11H18N2O. The Labute approximate surface area is 85.4 Å². The summed E-state index contributed by atoms with van der Waals surface area (Å²) in [6.45, 7) is 5.24. The molecule has 0 saturated carbocycles. The van der Waals surface area contributed by atoms with Gasteiger partial charge in [-0.05, 0) is 33.0 Å². The van der Waals surface area contributed by atoms with Gasteiger partial charge in [-0.1, -0.05) is 6.07 Å². The fraction of sp³-hybridized carbons (Fsp3) is 0.545. The summed E-state index contributed by atoms with van der Waals surface area (Å²) in [5.41, 5.74) is 2.08. The first-order chi connectivity index (χ1) is 6.58. The van der Waals surface area contributed by atoms with E-state index in [1.807, 2.05) is 32.2 Å². The molecule has 0 aliphatic rings. The minimum absolute atomic E-state index is 0.287. The Hall–Kier alpha value is -0.930. The van der Waals surface area contributed by atoms with E-state index in [4.69, 9.17) is 0 Å². The number of aliphatic hydroxyl groups excluding tert-OH is 1. The van der Waals surface area contributed by atoms with Gasteiger partial charge in [0.2, 0.25) is 0 Å². The van der Waals surface area contributed by atoms with Crippen molar-refractivity contribution >= 4 is 0 Å². The number of rotatable bonds is 4. The minimum atomic E-state index is -0.287. The van der Waals surface area contributed by atoms with Crippen LogP contribution < -0.4 is 0 Å². The molecule has 0 saturated heterocycles. The lowest BCUT2D eigenvalue weighted by Crippen LogP contribution is -2.27. The zero-order valence-electron chi connectivity index (χ0n) is 9.07. The number of hydrogen-bond acceptors (Lipinski definition) is 3. The lowest BCUT2D eigenvalue weighted by Gasteiger charge is -2.17. The summed E-state index contributed by atoms with van der Waals surface area (Å²) in [7, 11) is 1.98. The van der Waals surface area contributed by atoms with Crippen molar-refractivity contribution in [1.82, 2.24) is 9.88 Å². The van der Waals surface area contributed by atoms with Crippen LogP contribution in [0.3, 0.4) is 0 Å². The second-order valence-electron chi connectivity index (χ2n) is 3.82. The molecule has 1 rings (SSSR count). The summed E-state index contributed by atoms with van der Waals surface area (Å²) in [6.07, 6.45) is -0.287. The first-order valence-electron chi connectivity index (χ1n) is 4.87. The van der Waals surface area contributed by atoms with Crippen molar-refractivity contribution in [2.24, 2.45) is 0 Å². The standard InChI is InChI=1S/C11H18N2O/c1-9-5-4-6-11(12-9)8-13(3)7-10(2)14/h4-6,10,14H,7-8H2,1-3H3. The largest absolute Gasteiger partial charge is 0.392 e.